The fourth-order valence-corrected chi connectivity index (χ4v) is 3.10. The van der Waals surface area contributed by atoms with Crippen LogP contribution in [0.3, 0.4) is 0 Å². The number of carbonyl (C=O) groups is 1. The monoisotopic (exact) mass is 342 g/mol. The van der Waals surface area contributed by atoms with Gasteiger partial charge >= 0.3 is 0 Å². The molecule has 6 nitrogen and oxygen atoms in total. The van der Waals surface area contributed by atoms with Gasteiger partial charge in [0.1, 0.15) is 5.75 Å². The Labute approximate surface area is 138 Å². The Morgan fingerprint density at radius 2 is 1.70 bits per heavy atom. The van der Waals surface area contributed by atoms with Gasteiger partial charge in [-0.2, -0.15) is 0 Å². The maximum atomic E-state index is 12.1. The van der Waals surface area contributed by atoms with Crippen molar-refractivity contribution in [2.24, 2.45) is 0 Å². The van der Waals surface area contributed by atoms with Gasteiger partial charge in [-0.05, 0) is 58.4 Å². The number of amides is 1. The lowest BCUT2D eigenvalue weighted by molar-refractivity contribution is -0.127. The molecular formula is C16H26N2O4S. The molecule has 0 spiro atoms. The van der Waals surface area contributed by atoms with E-state index in [9.17, 15) is 13.2 Å². The van der Waals surface area contributed by atoms with E-state index >= 15 is 0 Å². The van der Waals surface area contributed by atoms with Crippen molar-refractivity contribution in [3.8, 4) is 5.75 Å². The maximum absolute atomic E-state index is 12.1. The lowest BCUT2D eigenvalue weighted by atomic mass is 10.3. The number of rotatable bonds is 8. The Kier molecular flexibility index (Phi) is 7.02. The second-order valence-electron chi connectivity index (χ2n) is 5.83. The van der Waals surface area contributed by atoms with Gasteiger partial charge in [0.05, 0.1) is 4.90 Å². The second kappa shape index (κ2) is 8.31. The van der Waals surface area contributed by atoms with E-state index in [0.29, 0.717) is 12.2 Å². The van der Waals surface area contributed by atoms with Crippen molar-refractivity contribution in [1.82, 2.24) is 10.0 Å². The molecular weight excluding hydrogens is 316 g/mol. The Hall–Kier alpha value is -1.60. The molecule has 0 saturated heterocycles. The van der Waals surface area contributed by atoms with Crippen LogP contribution in [0.25, 0.3) is 0 Å². The molecule has 23 heavy (non-hydrogen) atoms. The molecule has 130 valence electrons. The van der Waals surface area contributed by atoms with Crippen LogP contribution in [-0.2, 0) is 14.8 Å². The zero-order chi connectivity index (χ0) is 17.6. The number of nitrogens with one attached hydrogen (secondary N) is 2. The van der Waals surface area contributed by atoms with Gasteiger partial charge in [0.2, 0.25) is 10.0 Å². The molecule has 7 heteroatoms. The van der Waals surface area contributed by atoms with Gasteiger partial charge in [0.15, 0.2) is 6.10 Å². The van der Waals surface area contributed by atoms with Crippen molar-refractivity contribution in [3.05, 3.63) is 24.3 Å². The molecule has 0 radical (unpaired) electrons. The highest BCUT2D eigenvalue weighted by atomic mass is 32.2. The average Bonchev–Trinajstić information content (AvgIpc) is 2.46. The largest absolute Gasteiger partial charge is 0.481 e. The molecule has 0 aliphatic heterocycles. The van der Waals surface area contributed by atoms with Crippen molar-refractivity contribution >= 4 is 15.9 Å². The van der Waals surface area contributed by atoms with Crippen LogP contribution in [0.1, 0.15) is 41.0 Å². The Balaban J connectivity index is 2.75. The number of sulfonamides is 1. The smallest absolute Gasteiger partial charge is 0.260 e. The number of hydrogen-bond acceptors (Lipinski definition) is 4. The molecule has 0 aliphatic rings. The van der Waals surface area contributed by atoms with Crippen LogP contribution in [0, 0.1) is 0 Å². The van der Waals surface area contributed by atoms with Crippen LogP contribution in [0.4, 0.5) is 0 Å². The van der Waals surface area contributed by atoms with Gasteiger partial charge in [-0.1, -0.05) is 6.92 Å². The molecule has 1 amide bonds. The summed E-state index contributed by atoms with van der Waals surface area (Å²) in [4.78, 5) is 12.0. The molecule has 0 fully saturated rings. The van der Waals surface area contributed by atoms with E-state index in [1.165, 1.54) is 12.1 Å². The van der Waals surface area contributed by atoms with E-state index in [4.69, 9.17) is 4.74 Å². The van der Waals surface area contributed by atoms with Crippen LogP contribution in [0.15, 0.2) is 29.2 Å². The van der Waals surface area contributed by atoms with Gasteiger partial charge in [-0.15, -0.1) is 0 Å². The molecule has 1 aromatic carbocycles. The molecule has 2 atom stereocenters. The number of carbonyl (C=O) groups excluding carboxylic acids is 1. The zero-order valence-corrected chi connectivity index (χ0v) is 15.1. The van der Waals surface area contributed by atoms with Gasteiger partial charge in [0, 0.05) is 12.1 Å². The highest BCUT2D eigenvalue weighted by Gasteiger charge is 2.18. The third-order valence-electron chi connectivity index (χ3n) is 3.22. The summed E-state index contributed by atoms with van der Waals surface area (Å²) >= 11 is 0. The highest BCUT2D eigenvalue weighted by Crippen LogP contribution is 2.17. The van der Waals surface area contributed by atoms with Crippen molar-refractivity contribution in [2.45, 2.75) is 64.1 Å². The van der Waals surface area contributed by atoms with E-state index in [1.807, 2.05) is 27.7 Å². The lowest BCUT2D eigenvalue weighted by Gasteiger charge is -2.17. The number of benzene rings is 1. The summed E-state index contributed by atoms with van der Waals surface area (Å²) in [7, 11) is -3.53. The normalized spacial score (nSPS) is 14.3. The highest BCUT2D eigenvalue weighted by molar-refractivity contribution is 7.89. The van der Waals surface area contributed by atoms with E-state index in [2.05, 4.69) is 10.0 Å². The predicted octanol–water partition coefficient (Wildman–Crippen LogP) is 2.06. The summed E-state index contributed by atoms with van der Waals surface area (Å²) in [5, 5.41) is 2.76. The summed E-state index contributed by atoms with van der Waals surface area (Å²) in [5.74, 6) is 0.231. The fourth-order valence-electron chi connectivity index (χ4n) is 1.77. The van der Waals surface area contributed by atoms with E-state index < -0.39 is 16.1 Å². The van der Waals surface area contributed by atoms with Crippen LogP contribution in [0.2, 0.25) is 0 Å². The predicted molar refractivity (Wildman–Crippen MR) is 89.9 cm³/mol. The molecule has 0 saturated carbocycles. The SMILES string of the molecule is CC[C@@H](C)NS(=O)(=O)c1ccc(O[C@@H](C)C(=O)NC(C)C)cc1. The quantitative estimate of drug-likeness (QED) is 0.757. The molecule has 0 unspecified atom stereocenters. The fraction of sp³-hybridized carbons (Fsp3) is 0.562. The first-order valence-electron chi connectivity index (χ1n) is 7.75. The summed E-state index contributed by atoms with van der Waals surface area (Å²) in [6.07, 6.45) is 0.0567. The van der Waals surface area contributed by atoms with E-state index in [1.54, 1.807) is 19.1 Å². The number of ether oxygens (including phenoxy) is 1. The van der Waals surface area contributed by atoms with E-state index in [-0.39, 0.29) is 22.9 Å². The van der Waals surface area contributed by atoms with Gasteiger partial charge in [-0.25, -0.2) is 13.1 Å². The molecule has 0 aliphatic carbocycles. The summed E-state index contributed by atoms with van der Waals surface area (Å²) in [6.45, 7) is 9.10. The van der Waals surface area contributed by atoms with Crippen molar-refractivity contribution < 1.29 is 17.9 Å². The molecule has 2 N–H and O–H groups in total. The Bertz CT molecular complexity index is 611. The third kappa shape index (κ3) is 6.19. The minimum Gasteiger partial charge on any atom is -0.481 e. The standard InChI is InChI=1S/C16H26N2O4S/c1-6-12(4)18-23(20,21)15-9-7-14(8-10-15)22-13(5)16(19)17-11(2)3/h7-13,18H,6H2,1-5H3,(H,17,19)/t12-,13+/m1/s1. The van der Waals surface area contributed by atoms with Crippen molar-refractivity contribution in [3.63, 3.8) is 0 Å². The molecule has 0 bridgehead atoms. The molecule has 0 heterocycles. The number of hydrogen-bond donors (Lipinski definition) is 2. The average molecular weight is 342 g/mol. The van der Waals surface area contributed by atoms with E-state index in [0.717, 1.165) is 0 Å². The lowest BCUT2D eigenvalue weighted by Crippen LogP contribution is -2.40. The molecule has 1 aromatic rings. The Morgan fingerprint density at radius 1 is 1.13 bits per heavy atom. The summed E-state index contributed by atoms with van der Waals surface area (Å²) in [6, 6.07) is 5.93. The molecule has 0 aromatic heterocycles. The van der Waals surface area contributed by atoms with Gasteiger partial charge in [-0.3, -0.25) is 4.79 Å². The minimum atomic E-state index is -3.53. The first-order valence-corrected chi connectivity index (χ1v) is 9.23. The Morgan fingerprint density at radius 3 is 2.17 bits per heavy atom. The zero-order valence-electron chi connectivity index (χ0n) is 14.3. The first-order chi connectivity index (χ1) is 10.7. The summed E-state index contributed by atoms with van der Waals surface area (Å²) in [5.41, 5.74) is 0. The van der Waals surface area contributed by atoms with Gasteiger partial charge in [0.25, 0.3) is 5.91 Å². The van der Waals surface area contributed by atoms with Crippen molar-refractivity contribution in [2.75, 3.05) is 0 Å². The second-order valence-corrected chi connectivity index (χ2v) is 7.54. The topological polar surface area (TPSA) is 84.5 Å². The van der Waals surface area contributed by atoms with Crippen molar-refractivity contribution in [1.29, 1.82) is 0 Å². The molecule has 1 rings (SSSR count). The first kappa shape index (κ1) is 19.4. The van der Waals surface area contributed by atoms with Gasteiger partial charge < -0.3 is 10.1 Å². The van der Waals surface area contributed by atoms with Crippen LogP contribution in [-0.4, -0.2) is 32.5 Å². The summed E-state index contributed by atoms with van der Waals surface area (Å²) < 4.78 is 32.4. The third-order valence-corrected chi connectivity index (χ3v) is 4.82. The van der Waals surface area contributed by atoms with Crippen LogP contribution < -0.4 is 14.8 Å². The minimum absolute atomic E-state index is 0.0349. The van der Waals surface area contributed by atoms with Crippen LogP contribution in [0.5, 0.6) is 5.75 Å². The van der Waals surface area contributed by atoms with Crippen LogP contribution >= 0.6 is 0 Å². The maximum Gasteiger partial charge on any atom is 0.260 e.